The van der Waals surface area contributed by atoms with Crippen molar-refractivity contribution in [2.75, 3.05) is 13.2 Å². The number of carbonyl (C=O) groups is 3. The summed E-state index contributed by atoms with van der Waals surface area (Å²) in [5.74, 6) is -1.01. The van der Waals surface area contributed by atoms with Gasteiger partial charge in [-0.25, -0.2) is 0 Å². The molecule has 0 radical (unpaired) electrons. The summed E-state index contributed by atoms with van der Waals surface area (Å²) in [7, 11) is 0. The van der Waals surface area contributed by atoms with Gasteiger partial charge in [0.1, 0.15) is 13.2 Å². The summed E-state index contributed by atoms with van der Waals surface area (Å²) in [6, 6.07) is 0. The van der Waals surface area contributed by atoms with Gasteiger partial charge in [0.05, 0.1) is 0 Å². The number of rotatable bonds is 57. The van der Waals surface area contributed by atoms with E-state index in [1.807, 2.05) is 12.2 Å². The molecule has 0 aromatic heterocycles. The first-order valence-corrected chi connectivity index (χ1v) is 32.5. The molecule has 80 heavy (non-hydrogen) atoms. The number of esters is 3. The zero-order valence-electron chi connectivity index (χ0n) is 51.5. The number of hydrogen-bond acceptors (Lipinski definition) is 6. The average molecular weight is 1100 g/mol. The zero-order valence-corrected chi connectivity index (χ0v) is 51.5. The summed E-state index contributed by atoms with van der Waals surface area (Å²) in [5.41, 5.74) is 0. The minimum Gasteiger partial charge on any atom is -0.462 e. The second-order valence-corrected chi connectivity index (χ2v) is 20.9. The SMILES string of the molecule is CC/C=C\C/C=C\C/C=C\C/C=C\C/C=C\C/C=C\C/C=C\CCCCCCCCCCCCCCCC(=O)OCC(COC(=O)CC/C=C\C/C=C\C/C=C\C/C=C\CC)OC(=O)CCCCCCC/C=C\C/C=C\CCCC. The van der Waals surface area contributed by atoms with Gasteiger partial charge in [0, 0.05) is 19.3 Å². The van der Waals surface area contributed by atoms with Gasteiger partial charge in [-0.1, -0.05) is 281 Å². The molecule has 0 aromatic carbocycles. The third kappa shape index (κ3) is 63.9. The van der Waals surface area contributed by atoms with E-state index in [1.165, 1.54) is 89.9 Å². The van der Waals surface area contributed by atoms with Crippen LogP contribution in [0.25, 0.3) is 0 Å². The van der Waals surface area contributed by atoms with Crippen LogP contribution in [0, 0.1) is 0 Å². The Labute approximate surface area is 492 Å². The molecule has 6 heteroatoms. The quantitative estimate of drug-likeness (QED) is 0.0261. The molecule has 0 aliphatic rings. The van der Waals surface area contributed by atoms with Crippen LogP contribution in [0.5, 0.6) is 0 Å². The largest absolute Gasteiger partial charge is 0.462 e. The molecule has 0 saturated heterocycles. The smallest absolute Gasteiger partial charge is 0.306 e. The minimum absolute atomic E-state index is 0.111. The highest BCUT2D eigenvalue weighted by molar-refractivity contribution is 5.71. The van der Waals surface area contributed by atoms with Crippen LogP contribution >= 0.6 is 0 Å². The molecule has 0 fully saturated rings. The second-order valence-electron chi connectivity index (χ2n) is 20.9. The average Bonchev–Trinajstić information content (AvgIpc) is 3.46. The van der Waals surface area contributed by atoms with Gasteiger partial charge in [0.2, 0.25) is 0 Å². The zero-order chi connectivity index (χ0) is 57.8. The van der Waals surface area contributed by atoms with Crippen LogP contribution in [-0.2, 0) is 28.6 Å². The van der Waals surface area contributed by atoms with Crippen LogP contribution in [0.4, 0.5) is 0 Å². The van der Waals surface area contributed by atoms with Crippen molar-refractivity contribution in [3.05, 3.63) is 158 Å². The topological polar surface area (TPSA) is 78.9 Å². The Morgan fingerprint density at radius 1 is 0.263 bits per heavy atom. The van der Waals surface area contributed by atoms with Crippen LogP contribution in [0.2, 0.25) is 0 Å². The molecule has 0 bridgehead atoms. The van der Waals surface area contributed by atoms with E-state index in [0.717, 1.165) is 135 Å². The number of ether oxygens (including phenoxy) is 3. The second kappa shape index (κ2) is 66.5. The van der Waals surface area contributed by atoms with Gasteiger partial charge in [0.25, 0.3) is 0 Å². The number of hydrogen-bond donors (Lipinski definition) is 0. The summed E-state index contributed by atoms with van der Waals surface area (Å²) in [5, 5.41) is 0. The molecule has 0 aliphatic heterocycles. The lowest BCUT2D eigenvalue weighted by molar-refractivity contribution is -0.166. The van der Waals surface area contributed by atoms with E-state index in [-0.39, 0.29) is 37.5 Å². The third-order valence-corrected chi connectivity index (χ3v) is 13.3. The predicted molar refractivity (Wildman–Crippen MR) is 348 cm³/mol. The first-order valence-electron chi connectivity index (χ1n) is 32.5. The first-order chi connectivity index (χ1) is 39.5. The lowest BCUT2D eigenvalue weighted by Gasteiger charge is -2.18. The van der Waals surface area contributed by atoms with Crippen molar-refractivity contribution in [3.8, 4) is 0 Å². The maximum absolute atomic E-state index is 12.9. The fourth-order valence-corrected chi connectivity index (χ4v) is 8.45. The Balaban J connectivity index is 4.23. The van der Waals surface area contributed by atoms with Gasteiger partial charge in [0.15, 0.2) is 6.10 Å². The van der Waals surface area contributed by atoms with Crippen molar-refractivity contribution in [3.63, 3.8) is 0 Å². The molecule has 1 atom stereocenters. The van der Waals surface area contributed by atoms with Crippen molar-refractivity contribution >= 4 is 17.9 Å². The van der Waals surface area contributed by atoms with Crippen molar-refractivity contribution in [1.29, 1.82) is 0 Å². The normalized spacial score (nSPS) is 13.2. The van der Waals surface area contributed by atoms with Crippen molar-refractivity contribution in [1.82, 2.24) is 0 Å². The van der Waals surface area contributed by atoms with Gasteiger partial charge in [-0.3, -0.25) is 14.4 Å². The number of allylic oxidation sites excluding steroid dienone is 26. The van der Waals surface area contributed by atoms with E-state index in [1.54, 1.807) is 0 Å². The summed E-state index contributed by atoms with van der Waals surface area (Å²) in [4.78, 5) is 38.2. The van der Waals surface area contributed by atoms with E-state index in [4.69, 9.17) is 14.2 Å². The van der Waals surface area contributed by atoms with Crippen LogP contribution in [0.15, 0.2) is 158 Å². The molecule has 0 aromatic rings. The Morgan fingerprint density at radius 2 is 0.512 bits per heavy atom. The maximum atomic E-state index is 12.9. The Kier molecular flexibility index (Phi) is 62.4. The van der Waals surface area contributed by atoms with E-state index in [9.17, 15) is 14.4 Å². The molecule has 0 aliphatic carbocycles. The molecule has 450 valence electrons. The van der Waals surface area contributed by atoms with Gasteiger partial charge in [-0.15, -0.1) is 0 Å². The molecule has 0 N–H and O–H groups in total. The van der Waals surface area contributed by atoms with Gasteiger partial charge >= 0.3 is 17.9 Å². The number of unbranched alkanes of at least 4 members (excludes halogenated alkanes) is 20. The summed E-state index contributed by atoms with van der Waals surface area (Å²) < 4.78 is 16.8. The Hall–Kier alpha value is -4.97. The number of carbonyl (C=O) groups excluding carboxylic acids is 3. The summed E-state index contributed by atoms with van der Waals surface area (Å²) in [6.07, 6.45) is 97.1. The molecular formula is C74H118O6. The molecule has 0 saturated carbocycles. The predicted octanol–water partition coefficient (Wildman–Crippen LogP) is 22.5. The van der Waals surface area contributed by atoms with E-state index >= 15 is 0 Å². The van der Waals surface area contributed by atoms with Crippen LogP contribution in [0.3, 0.4) is 0 Å². The van der Waals surface area contributed by atoms with E-state index < -0.39 is 6.10 Å². The van der Waals surface area contributed by atoms with Gasteiger partial charge < -0.3 is 14.2 Å². The fraction of sp³-hybridized carbons (Fsp3) is 0.608. The first kappa shape index (κ1) is 75.0. The van der Waals surface area contributed by atoms with Gasteiger partial charge in [-0.2, -0.15) is 0 Å². The minimum atomic E-state index is -0.820. The van der Waals surface area contributed by atoms with Crippen molar-refractivity contribution in [2.45, 2.75) is 277 Å². The molecule has 0 rings (SSSR count). The highest BCUT2D eigenvalue weighted by Crippen LogP contribution is 2.15. The lowest BCUT2D eigenvalue weighted by Crippen LogP contribution is -2.30. The highest BCUT2D eigenvalue weighted by Gasteiger charge is 2.19. The van der Waals surface area contributed by atoms with Crippen LogP contribution in [0.1, 0.15) is 271 Å². The molecule has 0 amide bonds. The van der Waals surface area contributed by atoms with E-state index in [2.05, 4.69) is 167 Å². The third-order valence-electron chi connectivity index (χ3n) is 13.3. The maximum Gasteiger partial charge on any atom is 0.306 e. The van der Waals surface area contributed by atoms with Crippen molar-refractivity contribution < 1.29 is 28.6 Å². The monoisotopic (exact) mass is 1100 g/mol. The molecular weight excluding hydrogens is 985 g/mol. The molecule has 1 unspecified atom stereocenters. The molecule has 0 heterocycles. The lowest BCUT2D eigenvalue weighted by atomic mass is 10.0. The molecule has 6 nitrogen and oxygen atoms in total. The van der Waals surface area contributed by atoms with Gasteiger partial charge in [-0.05, 0) is 128 Å². The Bertz CT molecular complexity index is 1790. The molecule has 0 spiro atoms. The fourth-order valence-electron chi connectivity index (χ4n) is 8.45. The van der Waals surface area contributed by atoms with Crippen LogP contribution < -0.4 is 0 Å². The Morgan fingerprint density at radius 3 is 0.838 bits per heavy atom. The van der Waals surface area contributed by atoms with Crippen molar-refractivity contribution in [2.24, 2.45) is 0 Å². The standard InChI is InChI=1S/C74H118O6/c1-4-7-10-13-16-19-22-25-27-28-29-30-31-32-33-34-35-36-37-38-39-40-41-42-43-44-45-46-47-50-52-55-58-61-64-67-73(76)79-70-71(69-78-72(75)66-63-60-57-54-51-48-24-21-18-15-12-9-6-3)80-74(77)68-65-62-59-56-53-49-26-23-20-17-14-11-8-5-2/h7,9-10,12,14,16-19,21,23,25-27,29-30,32-33,35-36,38-39,48,51,57,60,71H,4-6,8,11,13,15,20,22,24,28,31,34,37,40-47,49-50,52-56,58-59,61-70H2,1-3H3/b10-7-,12-9-,17-14-,19-16-,21-18-,26-23-,27-25-,30-29-,33-32-,36-35-,39-38-,51-48-,60-57-. The summed E-state index contributed by atoms with van der Waals surface area (Å²) >= 11 is 0. The summed E-state index contributed by atoms with van der Waals surface area (Å²) in [6.45, 7) is 6.29. The van der Waals surface area contributed by atoms with Crippen LogP contribution in [-0.4, -0.2) is 37.2 Å². The van der Waals surface area contributed by atoms with E-state index in [0.29, 0.717) is 19.3 Å². The highest BCUT2D eigenvalue weighted by atomic mass is 16.6.